The van der Waals surface area contributed by atoms with Crippen LogP contribution < -0.4 is 0 Å². The standard InChI is InChI=1S/2C9H13.2Zr/c2*1-9(2,3)8-6-4-5-7-8;;/h2*4,6H,5H2,1-3H3;;/q2*-1;;+2. The van der Waals surface area contributed by atoms with Crippen molar-refractivity contribution in [2.24, 2.45) is 10.8 Å². The van der Waals surface area contributed by atoms with Crippen molar-refractivity contribution in [2.45, 2.75) is 54.4 Å². The molecule has 2 heteroatoms. The predicted octanol–water partition coefficient (Wildman–Crippen LogP) is 5.44. The van der Waals surface area contributed by atoms with E-state index in [1.54, 1.807) is 0 Å². The molecular weight excluding hydrogens is 399 g/mol. The van der Waals surface area contributed by atoms with E-state index < -0.39 is 0 Å². The number of allylic oxidation sites excluding steroid dienone is 8. The van der Waals surface area contributed by atoms with Gasteiger partial charge in [0, 0.05) is 26.2 Å². The Morgan fingerprint density at radius 3 is 1.15 bits per heavy atom. The van der Waals surface area contributed by atoms with E-state index in [9.17, 15) is 0 Å². The maximum absolute atomic E-state index is 3.30. The second-order valence-corrected chi connectivity index (χ2v) is 6.89. The first-order chi connectivity index (χ1) is 8.21. The zero-order valence-corrected chi connectivity index (χ0v) is 18.6. The summed E-state index contributed by atoms with van der Waals surface area (Å²) in [5.74, 6) is 0. The van der Waals surface area contributed by atoms with Gasteiger partial charge in [-0.15, -0.1) is 12.8 Å². The zero-order valence-electron chi connectivity index (χ0n) is 13.7. The van der Waals surface area contributed by atoms with Crippen molar-refractivity contribution in [1.29, 1.82) is 0 Å². The molecule has 2 aliphatic carbocycles. The van der Waals surface area contributed by atoms with Crippen LogP contribution in [-0.4, -0.2) is 0 Å². The second kappa shape index (κ2) is 9.68. The number of rotatable bonds is 0. The van der Waals surface area contributed by atoms with Gasteiger partial charge in [0.1, 0.15) is 0 Å². The molecule has 2 aliphatic rings. The van der Waals surface area contributed by atoms with E-state index in [-0.39, 0.29) is 52.4 Å². The zero-order chi connectivity index (χ0) is 13.8. The molecule has 20 heavy (non-hydrogen) atoms. The van der Waals surface area contributed by atoms with E-state index in [1.807, 2.05) is 0 Å². The summed E-state index contributed by atoms with van der Waals surface area (Å²) in [6, 6.07) is 0. The molecule has 0 saturated heterocycles. The fourth-order valence-electron chi connectivity index (χ4n) is 1.84. The van der Waals surface area contributed by atoms with E-state index in [0.29, 0.717) is 10.8 Å². The van der Waals surface area contributed by atoms with E-state index in [1.165, 1.54) is 11.1 Å². The molecule has 0 aliphatic heterocycles. The largest absolute Gasteiger partial charge is 2.00 e. The van der Waals surface area contributed by atoms with Crippen molar-refractivity contribution in [2.75, 3.05) is 0 Å². The topological polar surface area (TPSA) is 0 Å². The molecule has 0 N–H and O–H groups in total. The van der Waals surface area contributed by atoms with Gasteiger partial charge >= 0.3 is 26.2 Å². The first-order valence-electron chi connectivity index (χ1n) is 6.77. The quantitative estimate of drug-likeness (QED) is 0.454. The molecule has 106 valence electrons. The summed E-state index contributed by atoms with van der Waals surface area (Å²) in [7, 11) is 0. The van der Waals surface area contributed by atoms with Gasteiger partial charge in [-0.05, 0) is 10.8 Å². The minimum Gasteiger partial charge on any atom is -0.269 e. The van der Waals surface area contributed by atoms with E-state index in [0.717, 1.165) is 12.8 Å². The molecule has 0 aromatic rings. The third kappa shape index (κ3) is 8.24. The average molecular weight is 425 g/mol. The summed E-state index contributed by atoms with van der Waals surface area (Å²) in [5, 5.41) is 0. The smallest absolute Gasteiger partial charge is 0.269 e. The summed E-state index contributed by atoms with van der Waals surface area (Å²) in [6.45, 7) is 13.3. The molecule has 0 fully saturated rings. The molecule has 0 atom stereocenters. The third-order valence-electron chi connectivity index (χ3n) is 3.01. The summed E-state index contributed by atoms with van der Waals surface area (Å²) in [5.41, 5.74) is 3.30. The Kier molecular flexibility index (Phi) is 11.1. The van der Waals surface area contributed by atoms with Crippen molar-refractivity contribution in [1.82, 2.24) is 0 Å². The van der Waals surface area contributed by atoms with Gasteiger partial charge in [0.25, 0.3) is 0 Å². The van der Waals surface area contributed by atoms with Crippen LogP contribution >= 0.6 is 0 Å². The molecule has 0 amide bonds. The molecule has 0 saturated carbocycles. The maximum atomic E-state index is 3.30. The van der Waals surface area contributed by atoms with Crippen molar-refractivity contribution in [3.8, 4) is 0 Å². The number of hydrogen-bond acceptors (Lipinski definition) is 0. The average Bonchev–Trinajstić information content (AvgIpc) is 2.91. The Bertz CT molecular complexity index is 356. The van der Waals surface area contributed by atoms with Gasteiger partial charge in [-0.1, -0.05) is 41.5 Å². The van der Waals surface area contributed by atoms with Crippen molar-refractivity contribution in [3.63, 3.8) is 0 Å². The SMILES string of the molecule is CC(C)(C)C1=[C-]CC=C1.CC(C)(C)C1=[C-]CC=C1.[Zr+2].[Zr]. The minimum atomic E-state index is 0. The second-order valence-electron chi connectivity index (χ2n) is 6.89. The Balaban J connectivity index is 0. The van der Waals surface area contributed by atoms with Crippen LogP contribution in [0.2, 0.25) is 0 Å². The van der Waals surface area contributed by atoms with Crippen molar-refractivity contribution in [3.05, 3.63) is 47.6 Å². The fraction of sp³-hybridized carbons (Fsp3) is 0.556. The van der Waals surface area contributed by atoms with Crippen LogP contribution in [-0.2, 0) is 52.4 Å². The van der Waals surface area contributed by atoms with E-state index in [4.69, 9.17) is 0 Å². The van der Waals surface area contributed by atoms with Crippen LogP contribution in [0, 0.1) is 23.0 Å². The van der Waals surface area contributed by atoms with Gasteiger partial charge in [-0.2, -0.15) is 12.2 Å². The van der Waals surface area contributed by atoms with Gasteiger partial charge in [0.2, 0.25) is 0 Å². The molecule has 0 spiro atoms. The molecule has 2 rings (SSSR count). The monoisotopic (exact) mass is 422 g/mol. The van der Waals surface area contributed by atoms with Gasteiger partial charge in [-0.3, -0.25) is 12.2 Å². The maximum Gasteiger partial charge on any atom is 2.00 e. The van der Waals surface area contributed by atoms with Crippen LogP contribution in [0.4, 0.5) is 0 Å². The van der Waals surface area contributed by atoms with Crippen molar-refractivity contribution >= 4 is 0 Å². The molecular formula is C18H26Zr2. The third-order valence-corrected chi connectivity index (χ3v) is 3.01. The minimum absolute atomic E-state index is 0. The Hall–Kier alpha value is 0.726. The fourth-order valence-corrected chi connectivity index (χ4v) is 1.84. The molecule has 0 bridgehead atoms. The first-order valence-corrected chi connectivity index (χ1v) is 6.77. The molecule has 0 aromatic heterocycles. The summed E-state index contributed by atoms with van der Waals surface area (Å²) in [4.78, 5) is 0. The molecule has 0 radical (unpaired) electrons. The normalized spacial score (nSPS) is 16.5. The van der Waals surface area contributed by atoms with Gasteiger partial charge in [0.15, 0.2) is 0 Å². The van der Waals surface area contributed by atoms with E-state index in [2.05, 4.69) is 78.0 Å². The molecule has 0 unspecified atom stereocenters. The molecule has 0 heterocycles. The predicted molar refractivity (Wildman–Crippen MR) is 79.9 cm³/mol. The first kappa shape index (κ1) is 23.0. The summed E-state index contributed by atoms with van der Waals surface area (Å²) in [6.07, 6.45) is 17.3. The van der Waals surface area contributed by atoms with Crippen LogP contribution in [0.1, 0.15) is 54.4 Å². The van der Waals surface area contributed by atoms with E-state index >= 15 is 0 Å². The van der Waals surface area contributed by atoms with Crippen molar-refractivity contribution < 1.29 is 52.4 Å². The Morgan fingerprint density at radius 1 is 0.750 bits per heavy atom. The summed E-state index contributed by atoms with van der Waals surface area (Å²) < 4.78 is 0. The molecule has 0 nitrogen and oxygen atoms in total. The van der Waals surface area contributed by atoms with Crippen LogP contribution in [0.5, 0.6) is 0 Å². The van der Waals surface area contributed by atoms with Crippen LogP contribution in [0.15, 0.2) is 35.5 Å². The summed E-state index contributed by atoms with van der Waals surface area (Å²) >= 11 is 0. The van der Waals surface area contributed by atoms with Crippen LogP contribution in [0.25, 0.3) is 0 Å². The Morgan fingerprint density at radius 2 is 1.05 bits per heavy atom. The molecule has 0 aromatic carbocycles. The van der Waals surface area contributed by atoms with Gasteiger partial charge < -0.3 is 0 Å². The number of hydrogen-bond donors (Lipinski definition) is 0. The van der Waals surface area contributed by atoms with Gasteiger partial charge in [-0.25, -0.2) is 23.3 Å². The van der Waals surface area contributed by atoms with Crippen LogP contribution in [0.3, 0.4) is 0 Å². The van der Waals surface area contributed by atoms with Gasteiger partial charge in [0.05, 0.1) is 0 Å². The Labute approximate surface area is 164 Å².